The second-order valence-corrected chi connectivity index (χ2v) is 7.58. The number of halogens is 1. The van der Waals surface area contributed by atoms with Crippen LogP contribution in [0.15, 0.2) is 48.7 Å². The Balaban J connectivity index is 1.79. The number of ether oxygens (including phenoxy) is 1. The van der Waals surface area contributed by atoms with Crippen molar-refractivity contribution in [1.29, 1.82) is 0 Å². The number of hydrogen-bond acceptors (Lipinski definition) is 5. The van der Waals surface area contributed by atoms with E-state index in [1.165, 1.54) is 6.07 Å². The van der Waals surface area contributed by atoms with E-state index >= 15 is 0 Å². The van der Waals surface area contributed by atoms with E-state index in [1.54, 1.807) is 22.9 Å². The average molecular weight is 401 g/mol. The zero-order chi connectivity index (χ0) is 20.7. The molecule has 2 heterocycles. The first kappa shape index (κ1) is 20.0. The molecule has 0 amide bonds. The molecule has 4 N–H and O–H groups in total. The number of aliphatic hydroxyl groups excluding tert-OH is 4. The summed E-state index contributed by atoms with van der Waals surface area (Å²) in [5.41, 5.74) is 2.96. The van der Waals surface area contributed by atoms with Crippen LogP contribution in [0.2, 0.25) is 0 Å². The predicted octanol–water partition coefficient (Wildman–Crippen LogP) is 1.65. The summed E-state index contributed by atoms with van der Waals surface area (Å²) in [5, 5.41) is 40.7. The highest BCUT2D eigenvalue weighted by Crippen LogP contribution is 2.37. The normalized spacial score (nSPS) is 27.4. The summed E-state index contributed by atoms with van der Waals surface area (Å²) in [5.74, 6) is -0.412. The number of hydrogen-bond donors (Lipinski definition) is 4. The van der Waals surface area contributed by atoms with Crippen LogP contribution in [0, 0.1) is 12.7 Å². The predicted molar refractivity (Wildman–Crippen MR) is 105 cm³/mol. The van der Waals surface area contributed by atoms with Gasteiger partial charge in [-0.15, -0.1) is 0 Å². The number of rotatable bonds is 4. The first-order valence-electron chi connectivity index (χ1n) is 9.54. The van der Waals surface area contributed by atoms with Crippen molar-refractivity contribution in [2.75, 3.05) is 6.61 Å². The van der Waals surface area contributed by atoms with Gasteiger partial charge in [0, 0.05) is 23.7 Å². The van der Waals surface area contributed by atoms with E-state index in [0.29, 0.717) is 23.0 Å². The molecule has 3 aromatic rings. The Morgan fingerprint density at radius 1 is 1.00 bits per heavy atom. The molecule has 2 aromatic carbocycles. The number of nitrogens with zero attached hydrogens (tertiary/aromatic N) is 1. The fourth-order valence-corrected chi connectivity index (χ4v) is 3.94. The van der Waals surface area contributed by atoms with Gasteiger partial charge in [-0.1, -0.05) is 42.0 Å². The topological polar surface area (TPSA) is 95.1 Å². The van der Waals surface area contributed by atoms with Crippen LogP contribution >= 0.6 is 0 Å². The van der Waals surface area contributed by atoms with Gasteiger partial charge < -0.3 is 29.7 Å². The van der Waals surface area contributed by atoms with Crippen molar-refractivity contribution in [3.63, 3.8) is 0 Å². The molecule has 0 spiro atoms. The highest BCUT2D eigenvalue weighted by molar-refractivity contribution is 5.85. The van der Waals surface area contributed by atoms with Crippen molar-refractivity contribution >= 4 is 10.9 Å². The quantitative estimate of drug-likeness (QED) is 0.533. The van der Waals surface area contributed by atoms with E-state index in [4.69, 9.17) is 4.74 Å². The molecule has 0 aliphatic carbocycles. The van der Waals surface area contributed by atoms with E-state index in [0.717, 1.165) is 11.1 Å². The van der Waals surface area contributed by atoms with Gasteiger partial charge in [-0.3, -0.25) is 0 Å². The van der Waals surface area contributed by atoms with Gasteiger partial charge in [0.05, 0.1) is 12.1 Å². The Morgan fingerprint density at radius 2 is 1.72 bits per heavy atom. The van der Waals surface area contributed by atoms with Crippen molar-refractivity contribution in [3.8, 4) is 0 Å². The van der Waals surface area contributed by atoms with Crippen molar-refractivity contribution in [1.82, 2.24) is 4.57 Å². The van der Waals surface area contributed by atoms with Crippen LogP contribution in [0.25, 0.3) is 10.9 Å². The van der Waals surface area contributed by atoms with E-state index in [1.807, 2.05) is 31.2 Å². The lowest BCUT2D eigenvalue weighted by Gasteiger charge is -2.40. The molecule has 4 rings (SSSR count). The zero-order valence-electron chi connectivity index (χ0n) is 15.9. The van der Waals surface area contributed by atoms with Gasteiger partial charge in [0.1, 0.15) is 36.3 Å². The van der Waals surface area contributed by atoms with Crippen molar-refractivity contribution in [2.24, 2.45) is 0 Å². The Kier molecular flexibility index (Phi) is 5.42. The fourth-order valence-electron chi connectivity index (χ4n) is 3.94. The molecule has 7 heteroatoms. The number of fused-ring (bicyclic) bond motifs is 1. The summed E-state index contributed by atoms with van der Waals surface area (Å²) >= 11 is 0. The highest BCUT2D eigenvalue weighted by atomic mass is 19.1. The Labute approximate surface area is 167 Å². The molecule has 0 radical (unpaired) electrons. The van der Waals surface area contributed by atoms with E-state index in [2.05, 4.69) is 0 Å². The molecule has 1 aromatic heterocycles. The summed E-state index contributed by atoms with van der Waals surface area (Å²) in [4.78, 5) is 0. The van der Waals surface area contributed by atoms with Crippen LogP contribution in [-0.4, -0.2) is 56.0 Å². The summed E-state index contributed by atoms with van der Waals surface area (Å²) in [7, 11) is 0. The summed E-state index contributed by atoms with van der Waals surface area (Å²) in [6.07, 6.45) is -4.70. The van der Waals surface area contributed by atoms with Crippen molar-refractivity contribution < 1.29 is 29.6 Å². The van der Waals surface area contributed by atoms with Crippen LogP contribution in [0.4, 0.5) is 4.39 Å². The number of aromatic nitrogens is 1. The largest absolute Gasteiger partial charge is 0.394 e. The lowest BCUT2D eigenvalue weighted by atomic mass is 9.91. The number of aliphatic hydroxyl groups is 4. The first-order valence-corrected chi connectivity index (χ1v) is 9.54. The van der Waals surface area contributed by atoms with Crippen LogP contribution in [0.5, 0.6) is 0 Å². The van der Waals surface area contributed by atoms with Gasteiger partial charge in [-0.05, 0) is 18.6 Å². The van der Waals surface area contributed by atoms with Crippen LogP contribution < -0.4 is 0 Å². The molecule has 0 bridgehead atoms. The zero-order valence-corrected chi connectivity index (χ0v) is 15.9. The number of para-hydroxylation sites is 1. The summed E-state index contributed by atoms with van der Waals surface area (Å²) in [6.45, 7) is 1.89. The van der Waals surface area contributed by atoms with Gasteiger partial charge in [0.2, 0.25) is 0 Å². The molecule has 0 saturated carbocycles. The smallest absolute Gasteiger partial charge is 0.147 e. The molecule has 0 unspecified atom stereocenters. The van der Waals surface area contributed by atoms with Crippen LogP contribution in [0.1, 0.15) is 22.8 Å². The molecule has 6 nitrogen and oxygen atoms in total. The Hall–Kier alpha value is -2.29. The van der Waals surface area contributed by atoms with Crippen molar-refractivity contribution in [2.45, 2.75) is 44.0 Å². The minimum Gasteiger partial charge on any atom is -0.394 e. The average Bonchev–Trinajstić information content (AvgIpc) is 3.08. The maximum Gasteiger partial charge on any atom is 0.147 e. The standard InChI is InChI=1S/C22H24FNO5/c1-12-5-7-13(8-6-12)9-24-10-15(14-3-2-4-16(23)18(14)24)22-21(28)20(27)19(26)17(11-25)29-22/h2-8,10,17,19-22,25-28H,9,11H2,1H3/t17-,19-,20+,21-,22+/m1/s1. The van der Waals surface area contributed by atoms with E-state index < -0.39 is 42.9 Å². The maximum absolute atomic E-state index is 14.7. The molecule has 29 heavy (non-hydrogen) atoms. The fraction of sp³-hybridized carbons (Fsp3) is 0.364. The third-order valence-corrected chi connectivity index (χ3v) is 5.55. The van der Waals surface area contributed by atoms with Crippen molar-refractivity contribution in [3.05, 3.63) is 71.2 Å². The molecule has 1 saturated heterocycles. The highest BCUT2D eigenvalue weighted by Gasteiger charge is 2.44. The monoisotopic (exact) mass is 401 g/mol. The van der Waals surface area contributed by atoms with Crippen LogP contribution in [-0.2, 0) is 11.3 Å². The second kappa shape index (κ2) is 7.85. The van der Waals surface area contributed by atoms with E-state index in [-0.39, 0.29) is 0 Å². The Morgan fingerprint density at radius 3 is 2.41 bits per heavy atom. The molecular formula is C22H24FNO5. The molecule has 154 valence electrons. The lowest BCUT2D eigenvalue weighted by molar-refractivity contribution is -0.231. The molecule has 1 aliphatic heterocycles. The third-order valence-electron chi connectivity index (χ3n) is 5.55. The lowest BCUT2D eigenvalue weighted by Crippen LogP contribution is -2.55. The minimum atomic E-state index is -1.49. The van der Waals surface area contributed by atoms with Crippen LogP contribution in [0.3, 0.4) is 0 Å². The second-order valence-electron chi connectivity index (χ2n) is 7.58. The number of benzene rings is 2. The van der Waals surface area contributed by atoms with Gasteiger partial charge in [0.25, 0.3) is 0 Å². The summed E-state index contributed by atoms with van der Waals surface area (Å²) < 4.78 is 22.2. The minimum absolute atomic E-state index is 0.361. The molecule has 1 fully saturated rings. The first-order chi connectivity index (χ1) is 13.9. The maximum atomic E-state index is 14.7. The molecule has 1 aliphatic rings. The Bertz CT molecular complexity index is 1000. The third kappa shape index (κ3) is 3.56. The SMILES string of the molecule is Cc1ccc(Cn2cc([C@@H]3O[C@H](CO)[C@@H](O)[C@H](O)[C@H]3O)c3cccc(F)c32)cc1. The summed E-state index contributed by atoms with van der Waals surface area (Å²) in [6, 6.07) is 12.6. The molecular weight excluding hydrogens is 377 g/mol. The van der Waals surface area contributed by atoms with E-state index in [9.17, 15) is 24.8 Å². The van der Waals surface area contributed by atoms with Gasteiger partial charge in [-0.2, -0.15) is 0 Å². The molecule has 5 atom stereocenters. The number of aryl methyl sites for hydroxylation is 1. The van der Waals surface area contributed by atoms with Gasteiger partial charge in [0.15, 0.2) is 0 Å². The van der Waals surface area contributed by atoms with Gasteiger partial charge >= 0.3 is 0 Å². The van der Waals surface area contributed by atoms with Gasteiger partial charge in [-0.25, -0.2) is 4.39 Å².